The normalized spacial score (nSPS) is 18.0. The van der Waals surface area contributed by atoms with E-state index in [-0.39, 0.29) is 6.04 Å². The summed E-state index contributed by atoms with van der Waals surface area (Å²) in [6, 6.07) is 8.94. The van der Waals surface area contributed by atoms with Crippen molar-refractivity contribution in [2.75, 3.05) is 5.75 Å². The summed E-state index contributed by atoms with van der Waals surface area (Å²) in [6.45, 7) is 2.12. The lowest BCUT2D eigenvalue weighted by Crippen LogP contribution is -2.25. The molecular weight excluding hydrogens is 238 g/mol. The highest BCUT2D eigenvalue weighted by atomic mass is 32.2. The first kappa shape index (κ1) is 13.7. The third-order valence-electron chi connectivity index (χ3n) is 3.50. The predicted molar refractivity (Wildman–Crippen MR) is 81.0 cm³/mol. The highest BCUT2D eigenvalue weighted by Gasteiger charge is 2.11. The number of thioether (sulfide) groups is 1. The molecule has 1 atom stereocenters. The maximum Gasteiger partial charge on any atom is 0.0349 e. The van der Waals surface area contributed by atoms with Crippen molar-refractivity contribution >= 4 is 11.8 Å². The molecule has 1 aromatic rings. The molecule has 1 aliphatic carbocycles. The summed E-state index contributed by atoms with van der Waals surface area (Å²) >= 11 is 1.87. The van der Waals surface area contributed by atoms with Crippen LogP contribution >= 0.6 is 11.8 Å². The Morgan fingerprint density at radius 1 is 1.17 bits per heavy atom. The molecule has 0 bridgehead atoms. The first-order chi connectivity index (χ1) is 8.75. The molecular formula is C16H23NS. The van der Waals surface area contributed by atoms with E-state index in [0.717, 1.165) is 5.75 Å². The molecule has 18 heavy (non-hydrogen) atoms. The molecule has 98 valence electrons. The van der Waals surface area contributed by atoms with E-state index in [1.54, 1.807) is 0 Å². The van der Waals surface area contributed by atoms with Crippen molar-refractivity contribution in [1.82, 2.24) is 0 Å². The Labute approximate surface area is 115 Å². The smallest absolute Gasteiger partial charge is 0.0349 e. The van der Waals surface area contributed by atoms with Gasteiger partial charge in [0.05, 0.1) is 0 Å². The fourth-order valence-electron chi connectivity index (χ4n) is 2.30. The molecule has 1 nitrogen and oxygen atoms in total. The van der Waals surface area contributed by atoms with Crippen LogP contribution in [0.1, 0.15) is 37.7 Å². The number of hydrogen-bond acceptors (Lipinski definition) is 2. The molecule has 1 aromatic carbocycles. The van der Waals surface area contributed by atoms with Gasteiger partial charge < -0.3 is 5.73 Å². The van der Waals surface area contributed by atoms with Gasteiger partial charge in [0.15, 0.2) is 0 Å². The fourth-order valence-corrected chi connectivity index (χ4v) is 3.22. The van der Waals surface area contributed by atoms with Crippen LogP contribution < -0.4 is 5.73 Å². The number of aryl methyl sites for hydroxylation is 1. The molecule has 1 unspecified atom stereocenters. The van der Waals surface area contributed by atoms with Gasteiger partial charge >= 0.3 is 0 Å². The topological polar surface area (TPSA) is 26.0 Å². The summed E-state index contributed by atoms with van der Waals surface area (Å²) in [6.07, 6.45) is 8.81. The summed E-state index contributed by atoms with van der Waals surface area (Å²) in [5, 5.41) is 0. The van der Waals surface area contributed by atoms with Crippen LogP contribution in [0.15, 0.2) is 40.8 Å². The maximum atomic E-state index is 6.31. The van der Waals surface area contributed by atoms with Crippen molar-refractivity contribution in [3.05, 3.63) is 41.5 Å². The maximum absolute atomic E-state index is 6.31. The SMILES string of the molecule is Cc1ccc(SCC(N)C2=CCCCCC2)cc1. The van der Waals surface area contributed by atoms with E-state index in [9.17, 15) is 0 Å². The molecule has 0 spiro atoms. The average molecular weight is 261 g/mol. The van der Waals surface area contributed by atoms with Crippen molar-refractivity contribution in [2.24, 2.45) is 5.73 Å². The minimum absolute atomic E-state index is 0.231. The minimum atomic E-state index is 0.231. The lowest BCUT2D eigenvalue weighted by Gasteiger charge is -2.15. The molecule has 2 heteroatoms. The van der Waals surface area contributed by atoms with E-state index < -0.39 is 0 Å². The molecule has 2 rings (SSSR count). The molecule has 0 saturated carbocycles. The average Bonchev–Trinajstić information content (AvgIpc) is 2.66. The van der Waals surface area contributed by atoms with Crippen molar-refractivity contribution in [2.45, 2.75) is 50.0 Å². The van der Waals surface area contributed by atoms with E-state index in [0.29, 0.717) is 0 Å². The van der Waals surface area contributed by atoms with Crippen LogP contribution in [0.3, 0.4) is 0 Å². The van der Waals surface area contributed by atoms with Crippen molar-refractivity contribution < 1.29 is 0 Å². The van der Waals surface area contributed by atoms with Gasteiger partial charge in [-0.2, -0.15) is 0 Å². The van der Waals surface area contributed by atoms with Gasteiger partial charge in [-0.3, -0.25) is 0 Å². The third-order valence-corrected chi connectivity index (χ3v) is 4.63. The Morgan fingerprint density at radius 2 is 1.94 bits per heavy atom. The highest BCUT2D eigenvalue weighted by molar-refractivity contribution is 7.99. The predicted octanol–water partition coefficient (Wildman–Crippen LogP) is 4.30. The number of hydrogen-bond donors (Lipinski definition) is 1. The number of nitrogens with two attached hydrogens (primary N) is 1. The van der Waals surface area contributed by atoms with Crippen molar-refractivity contribution in [3.8, 4) is 0 Å². The summed E-state index contributed by atoms with van der Waals surface area (Å²) in [5.74, 6) is 0.995. The molecule has 0 aliphatic heterocycles. The number of rotatable bonds is 4. The molecule has 2 N–H and O–H groups in total. The van der Waals surface area contributed by atoms with E-state index in [2.05, 4.69) is 37.3 Å². The lowest BCUT2D eigenvalue weighted by molar-refractivity contribution is 0.693. The van der Waals surface area contributed by atoms with E-state index in [1.165, 1.54) is 48.1 Å². The second-order valence-corrected chi connectivity index (χ2v) is 6.20. The quantitative estimate of drug-likeness (QED) is 0.646. The standard InChI is InChI=1S/C16H23NS/c1-13-8-10-15(11-9-13)18-12-16(17)14-6-4-2-3-5-7-14/h6,8-11,16H,2-5,7,12,17H2,1H3. The van der Waals surface area contributed by atoms with Gasteiger partial charge in [-0.05, 0) is 44.7 Å². The largest absolute Gasteiger partial charge is 0.324 e. The van der Waals surface area contributed by atoms with E-state index in [1.807, 2.05) is 11.8 Å². The Kier molecular flexibility index (Phi) is 5.33. The van der Waals surface area contributed by atoms with Gasteiger partial charge in [0, 0.05) is 16.7 Å². The summed E-state index contributed by atoms with van der Waals surface area (Å²) in [7, 11) is 0. The van der Waals surface area contributed by atoms with E-state index >= 15 is 0 Å². The molecule has 0 aromatic heterocycles. The Hall–Kier alpha value is -0.730. The zero-order valence-corrected chi connectivity index (χ0v) is 12.0. The van der Waals surface area contributed by atoms with Crippen LogP contribution in [-0.2, 0) is 0 Å². The number of allylic oxidation sites excluding steroid dienone is 1. The molecule has 0 amide bonds. The third kappa shape index (κ3) is 4.18. The van der Waals surface area contributed by atoms with Crippen molar-refractivity contribution in [3.63, 3.8) is 0 Å². The van der Waals surface area contributed by atoms with Gasteiger partial charge in [0.2, 0.25) is 0 Å². The van der Waals surface area contributed by atoms with Crippen LogP contribution in [0.4, 0.5) is 0 Å². The Balaban J connectivity index is 1.85. The van der Waals surface area contributed by atoms with E-state index in [4.69, 9.17) is 5.73 Å². The molecule has 0 radical (unpaired) electrons. The highest BCUT2D eigenvalue weighted by Crippen LogP contribution is 2.24. The zero-order chi connectivity index (χ0) is 12.8. The minimum Gasteiger partial charge on any atom is -0.324 e. The first-order valence-electron chi connectivity index (χ1n) is 6.89. The first-order valence-corrected chi connectivity index (χ1v) is 7.88. The van der Waals surface area contributed by atoms with Crippen LogP contribution in [-0.4, -0.2) is 11.8 Å². The summed E-state index contributed by atoms with van der Waals surface area (Å²) in [5.41, 5.74) is 9.10. The summed E-state index contributed by atoms with van der Waals surface area (Å²) < 4.78 is 0. The second-order valence-electron chi connectivity index (χ2n) is 5.11. The number of benzene rings is 1. The van der Waals surface area contributed by atoms with Crippen LogP contribution in [0.2, 0.25) is 0 Å². The molecule has 0 saturated heterocycles. The second kappa shape index (κ2) is 7.01. The van der Waals surface area contributed by atoms with Crippen molar-refractivity contribution in [1.29, 1.82) is 0 Å². The van der Waals surface area contributed by atoms with Crippen LogP contribution in [0.25, 0.3) is 0 Å². The molecule has 0 heterocycles. The van der Waals surface area contributed by atoms with Gasteiger partial charge in [-0.1, -0.05) is 35.8 Å². The fraction of sp³-hybridized carbons (Fsp3) is 0.500. The monoisotopic (exact) mass is 261 g/mol. The summed E-state index contributed by atoms with van der Waals surface area (Å²) in [4.78, 5) is 1.32. The van der Waals surface area contributed by atoms with Crippen LogP contribution in [0.5, 0.6) is 0 Å². The lowest BCUT2D eigenvalue weighted by atomic mass is 10.0. The van der Waals surface area contributed by atoms with Gasteiger partial charge in [0.1, 0.15) is 0 Å². The molecule has 0 fully saturated rings. The Morgan fingerprint density at radius 3 is 2.72 bits per heavy atom. The van der Waals surface area contributed by atoms with Gasteiger partial charge in [-0.15, -0.1) is 11.8 Å². The molecule has 1 aliphatic rings. The van der Waals surface area contributed by atoms with Gasteiger partial charge in [0.25, 0.3) is 0 Å². The van der Waals surface area contributed by atoms with Gasteiger partial charge in [-0.25, -0.2) is 0 Å². The zero-order valence-electron chi connectivity index (χ0n) is 11.2. The Bertz CT molecular complexity index is 394. The van der Waals surface area contributed by atoms with Crippen LogP contribution in [0, 0.1) is 6.92 Å².